The van der Waals surface area contributed by atoms with Gasteiger partial charge in [0.15, 0.2) is 0 Å². The summed E-state index contributed by atoms with van der Waals surface area (Å²) in [4.78, 5) is 21.8. The van der Waals surface area contributed by atoms with Gasteiger partial charge >= 0.3 is 11.9 Å². The predicted octanol–water partition coefficient (Wildman–Crippen LogP) is 2.41. The highest BCUT2D eigenvalue weighted by atomic mass is 16.6. The van der Waals surface area contributed by atoms with Crippen molar-refractivity contribution in [2.75, 3.05) is 0 Å². The summed E-state index contributed by atoms with van der Waals surface area (Å²) in [5, 5.41) is 7.51. The van der Waals surface area contributed by atoms with Crippen LogP contribution >= 0.6 is 0 Å². The fourth-order valence-corrected chi connectivity index (χ4v) is 1.23. The zero-order valence-corrected chi connectivity index (χ0v) is 10.1. The smallest absolute Gasteiger partial charge is 0.346 e. The fraction of sp³-hybridized carbons (Fsp3) is 0. The van der Waals surface area contributed by atoms with Gasteiger partial charge in [0.2, 0.25) is 0 Å². The average molecular weight is 253 g/mol. The number of nitrogens with zero attached hydrogens (tertiary/aromatic N) is 1. The summed E-state index contributed by atoms with van der Waals surface area (Å²) >= 11 is 0. The zero-order valence-electron chi connectivity index (χ0n) is 10.1. The highest BCUT2D eigenvalue weighted by molar-refractivity contribution is 6.10. The van der Waals surface area contributed by atoms with E-state index in [2.05, 4.69) is 11.3 Å². The molecular weight excluding hydrogens is 242 g/mol. The Morgan fingerprint density at radius 2 is 1.79 bits per heavy atom. The minimum atomic E-state index is -0.604. The summed E-state index contributed by atoms with van der Waals surface area (Å²) in [6, 6.07) is 11.2. The first-order valence-corrected chi connectivity index (χ1v) is 5.39. The van der Waals surface area contributed by atoms with Crippen LogP contribution in [0, 0.1) is 11.3 Å². The molecule has 94 valence electrons. The number of carbonyl (C=O) groups is 2. The first kappa shape index (κ1) is 14.1. The summed E-state index contributed by atoms with van der Waals surface area (Å²) in [7, 11) is 0. The molecule has 1 aromatic carbocycles. The van der Waals surface area contributed by atoms with Gasteiger partial charge in [-0.05, 0) is 11.6 Å². The monoisotopic (exact) mass is 253 g/mol. The maximum absolute atomic E-state index is 11.0. The SMILES string of the molecule is C=CC#N.O=C1C=C(C=Cc2ccccc2)C(=O)O1. The Morgan fingerprint density at radius 1 is 1.16 bits per heavy atom. The Hall–Kier alpha value is -2.93. The largest absolute Gasteiger partial charge is 0.386 e. The molecule has 0 aliphatic carbocycles. The predicted molar refractivity (Wildman–Crippen MR) is 70.5 cm³/mol. The lowest BCUT2D eigenvalue weighted by atomic mass is 10.1. The van der Waals surface area contributed by atoms with E-state index in [0.29, 0.717) is 0 Å². The van der Waals surface area contributed by atoms with E-state index in [0.717, 1.165) is 5.56 Å². The number of esters is 2. The van der Waals surface area contributed by atoms with Gasteiger partial charge in [-0.25, -0.2) is 9.59 Å². The minimum Gasteiger partial charge on any atom is -0.386 e. The number of benzene rings is 1. The van der Waals surface area contributed by atoms with Gasteiger partial charge in [0.1, 0.15) is 0 Å². The molecular formula is C15H11NO3. The topological polar surface area (TPSA) is 67.2 Å². The maximum Gasteiger partial charge on any atom is 0.346 e. The molecule has 0 amide bonds. The van der Waals surface area contributed by atoms with E-state index in [1.165, 1.54) is 12.2 Å². The van der Waals surface area contributed by atoms with E-state index in [9.17, 15) is 9.59 Å². The summed E-state index contributed by atoms with van der Waals surface area (Å²) in [5.41, 5.74) is 1.24. The van der Waals surface area contributed by atoms with Crippen molar-refractivity contribution in [3.05, 3.63) is 66.3 Å². The minimum absolute atomic E-state index is 0.281. The molecule has 0 aromatic heterocycles. The van der Waals surface area contributed by atoms with Gasteiger partial charge in [-0.3, -0.25) is 0 Å². The van der Waals surface area contributed by atoms with Crippen LogP contribution in [0.3, 0.4) is 0 Å². The van der Waals surface area contributed by atoms with Crippen LogP contribution in [0.2, 0.25) is 0 Å². The Labute approximate surface area is 110 Å². The average Bonchev–Trinajstić information content (AvgIpc) is 2.76. The second-order valence-corrected chi connectivity index (χ2v) is 3.39. The molecule has 4 nitrogen and oxygen atoms in total. The molecule has 0 saturated heterocycles. The van der Waals surface area contributed by atoms with Crippen LogP contribution in [0.15, 0.2) is 60.7 Å². The van der Waals surface area contributed by atoms with E-state index in [1.54, 1.807) is 18.2 Å². The van der Waals surface area contributed by atoms with Crippen molar-refractivity contribution < 1.29 is 14.3 Å². The highest BCUT2D eigenvalue weighted by Gasteiger charge is 2.20. The summed E-state index contributed by atoms with van der Waals surface area (Å²) in [5.74, 6) is -1.19. The Morgan fingerprint density at radius 3 is 2.26 bits per heavy atom. The van der Waals surface area contributed by atoms with Crippen molar-refractivity contribution in [3.8, 4) is 6.07 Å². The van der Waals surface area contributed by atoms with Gasteiger partial charge in [0.05, 0.1) is 11.6 Å². The molecule has 1 aliphatic rings. The van der Waals surface area contributed by atoms with Gasteiger partial charge in [-0.2, -0.15) is 5.26 Å². The standard InChI is InChI=1S/C12H8O3.C3H3N/c13-11-8-10(12(14)15-11)7-6-9-4-2-1-3-5-9;1-2-3-4/h1-8H;2H,1H2. The molecule has 0 unspecified atom stereocenters. The number of nitriles is 1. The molecule has 0 fully saturated rings. The lowest BCUT2D eigenvalue weighted by Crippen LogP contribution is -2.00. The molecule has 0 N–H and O–H groups in total. The lowest BCUT2D eigenvalue weighted by Gasteiger charge is -1.91. The zero-order chi connectivity index (χ0) is 14.1. The third-order valence-electron chi connectivity index (χ3n) is 2.05. The molecule has 0 bridgehead atoms. The van der Waals surface area contributed by atoms with E-state index in [4.69, 9.17) is 5.26 Å². The fourth-order valence-electron chi connectivity index (χ4n) is 1.23. The summed E-state index contributed by atoms with van der Waals surface area (Å²) in [6.45, 7) is 3.12. The van der Waals surface area contributed by atoms with Crippen LogP contribution in [0.4, 0.5) is 0 Å². The van der Waals surface area contributed by atoms with E-state index in [-0.39, 0.29) is 5.57 Å². The van der Waals surface area contributed by atoms with Gasteiger partial charge in [-0.15, -0.1) is 0 Å². The molecule has 4 heteroatoms. The van der Waals surface area contributed by atoms with Crippen molar-refractivity contribution in [2.24, 2.45) is 0 Å². The van der Waals surface area contributed by atoms with Crippen molar-refractivity contribution >= 4 is 18.0 Å². The molecule has 0 spiro atoms. The normalized spacial score (nSPS) is 13.1. The molecule has 0 saturated carbocycles. The van der Waals surface area contributed by atoms with Crippen LogP contribution in [0.1, 0.15) is 5.56 Å². The first-order chi connectivity index (χ1) is 9.17. The third-order valence-corrected chi connectivity index (χ3v) is 2.05. The first-order valence-electron chi connectivity index (χ1n) is 5.39. The number of hydrogen-bond acceptors (Lipinski definition) is 4. The van der Waals surface area contributed by atoms with Gasteiger partial charge in [0, 0.05) is 12.2 Å². The Balaban J connectivity index is 0.000000399. The van der Waals surface area contributed by atoms with Crippen LogP contribution < -0.4 is 0 Å². The molecule has 0 radical (unpaired) electrons. The molecule has 1 aromatic rings. The van der Waals surface area contributed by atoms with Gasteiger partial charge < -0.3 is 4.74 Å². The molecule has 2 rings (SSSR count). The molecule has 1 heterocycles. The molecule has 0 atom stereocenters. The lowest BCUT2D eigenvalue weighted by molar-refractivity contribution is -0.150. The number of ether oxygens (including phenoxy) is 1. The summed E-state index contributed by atoms with van der Waals surface area (Å²) < 4.78 is 4.34. The quantitative estimate of drug-likeness (QED) is 0.461. The van der Waals surface area contributed by atoms with E-state index in [1.807, 2.05) is 30.3 Å². The number of cyclic esters (lactones) is 2. The van der Waals surface area contributed by atoms with Crippen LogP contribution in [-0.2, 0) is 14.3 Å². The second kappa shape index (κ2) is 7.41. The number of allylic oxidation sites excluding steroid dienone is 1. The van der Waals surface area contributed by atoms with Crippen molar-refractivity contribution in [2.45, 2.75) is 0 Å². The molecule has 19 heavy (non-hydrogen) atoms. The number of carbonyl (C=O) groups excluding carboxylic acids is 2. The van der Waals surface area contributed by atoms with Crippen LogP contribution in [0.25, 0.3) is 6.08 Å². The highest BCUT2D eigenvalue weighted by Crippen LogP contribution is 2.11. The van der Waals surface area contributed by atoms with Crippen molar-refractivity contribution in [1.29, 1.82) is 5.26 Å². The second-order valence-electron chi connectivity index (χ2n) is 3.39. The Kier molecular flexibility index (Phi) is 5.51. The summed E-state index contributed by atoms with van der Waals surface area (Å²) in [6.07, 6.45) is 5.69. The maximum atomic E-state index is 11.0. The van der Waals surface area contributed by atoms with Crippen molar-refractivity contribution in [1.82, 2.24) is 0 Å². The van der Waals surface area contributed by atoms with Crippen LogP contribution in [0.5, 0.6) is 0 Å². The number of hydrogen-bond donors (Lipinski definition) is 0. The van der Waals surface area contributed by atoms with E-state index >= 15 is 0 Å². The van der Waals surface area contributed by atoms with E-state index < -0.39 is 11.9 Å². The van der Waals surface area contributed by atoms with Gasteiger partial charge in [-0.1, -0.05) is 43.0 Å². The Bertz CT molecular complexity index is 577. The van der Waals surface area contributed by atoms with Crippen LogP contribution in [-0.4, -0.2) is 11.9 Å². The molecule has 1 aliphatic heterocycles. The van der Waals surface area contributed by atoms with Gasteiger partial charge in [0.25, 0.3) is 0 Å². The number of rotatable bonds is 2. The van der Waals surface area contributed by atoms with Crippen molar-refractivity contribution in [3.63, 3.8) is 0 Å². The third kappa shape index (κ3) is 4.84.